The predicted molar refractivity (Wildman–Crippen MR) is 109 cm³/mol. The summed E-state index contributed by atoms with van der Waals surface area (Å²) in [5.41, 5.74) is 3.45. The Morgan fingerprint density at radius 1 is 1.21 bits per heavy atom. The number of hydrogen-bond acceptors (Lipinski definition) is 5. The van der Waals surface area contributed by atoms with Crippen molar-refractivity contribution in [1.82, 2.24) is 29.5 Å². The number of amides is 1. The Morgan fingerprint density at radius 3 is 2.71 bits per heavy atom. The van der Waals surface area contributed by atoms with Crippen LogP contribution in [0.2, 0.25) is 0 Å². The summed E-state index contributed by atoms with van der Waals surface area (Å²) in [7, 11) is 5.93. The summed E-state index contributed by atoms with van der Waals surface area (Å²) in [6.07, 6.45) is 7.90. The van der Waals surface area contributed by atoms with E-state index in [9.17, 15) is 4.79 Å². The summed E-state index contributed by atoms with van der Waals surface area (Å²) in [5, 5.41) is 5.17. The van der Waals surface area contributed by atoms with Crippen molar-refractivity contribution in [2.45, 2.75) is 25.3 Å². The van der Waals surface area contributed by atoms with Crippen molar-refractivity contribution >= 4 is 16.8 Å². The van der Waals surface area contributed by atoms with E-state index in [0.29, 0.717) is 12.5 Å². The third-order valence-electron chi connectivity index (χ3n) is 5.59. The minimum atomic E-state index is 0.116. The Hall–Kier alpha value is -2.80. The first-order chi connectivity index (χ1) is 13.5. The fraction of sp³-hybridized carbons (Fsp3) is 0.429. The van der Waals surface area contributed by atoms with Crippen molar-refractivity contribution < 1.29 is 4.79 Å². The van der Waals surface area contributed by atoms with Gasteiger partial charge in [-0.05, 0) is 51.2 Å². The number of rotatable bonds is 4. The molecule has 0 aromatic carbocycles. The lowest BCUT2D eigenvalue weighted by molar-refractivity contribution is -0.132. The van der Waals surface area contributed by atoms with E-state index >= 15 is 0 Å². The number of aromatic nitrogens is 4. The van der Waals surface area contributed by atoms with Crippen molar-refractivity contribution in [3.63, 3.8) is 0 Å². The third kappa shape index (κ3) is 3.89. The molecule has 1 aliphatic rings. The van der Waals surface area contributed by atoms with Crippen molar-refractivity contribution in [1.29, 1.82) is 0 Å². The highest BCUT2D eigenvalue weighted by Gasteiger charge is 2.24. The van der Waals surface area contributed by atoms with Crippen LogP contribution in [0.25, 0.3) is 22.2 Å². The molecule has 3 aromatic heterocycles. The van der Waals surface area contributed by atoms with Gasteiger partial charge in [0.05, 0.1) is 29.5 Å². The van der Waals surface area contributed by atoms with Crippen LogP contribution in [0.3, 0.4) is 0 Å². The van der Waals surface area contributed by atoms with Gasteiger partial charge in [0.1, 0.15) is 0 Å². The molecule has 0 aliphatic carbocycles. The van der Waals surface area contributed by atoms with Crippen molar-refractivity contribution in [2.75, 3.05) is 27.2 Å². The fourth-order valence-electron chi connectivity index (χ4n) is 3.73. The molecular weight excluding hydrogens is 352 g/mol. The molecule has 4 rings (SSSR count). The molecule has 28 heavy (non-hydrogen) atoms. The lowest BCUT2D eigenvalue weighted by Crippen LogP contribution is -2.45. The monoisotopic (exact) mass is 378 g/mol. The minimum absolute atomic E-state index is 0.116. The van der Waals surface area contributed by atoms with Crippen molar-refractivity contribution in [3.05, 3.63) is 42.5 Å². The molecule has 0 bridgehead atoms. The normalized spacial score (nSPS) is 15.8. The van der Waals surface area contributed by atoms with E-state index < -0.39 is 0 Å². The molecule has 146 valence electrons. The van der Waals surface area contributed by atoms with E-state index in [1.807, 2.05) is 43.4 Å². The average Bonchev–Trinajstić information content (AvgIpc) is 3.14. The van der Waals surface area contributed by atoms with Crippen molar-refractivity contribution in [2.24, 2.45) is 7.05 Å². The molecule has 0 radical (unpaired) electrons. The fourth-order valence-corrected chi connectivity index (χ4v) is 3.73. The minimum Gasteiger partial charge on any atom is -0.342 e. The highest BCUT2D eigenvalue weighted by molar-refractivity contribution is 5.83. The average molecular weight is 378 g/mol. The van der Waals surface area contributed by atoms with Crippen molar-refractivity contribution in [3.8, 4) is 11.3 Å². The molecular formula is C21H26N6O. The van der Waals surface area contributed by atoms with Crippen LogP contribution >= 0.6 is 0 Å². The number of hydrogen-bond donors (Lipinski definition) is 0. The molecule has 3 aromatic rings. The molecule has 7 heteroatoms. The second-order valence-corrected chi connectivity index (χ2v) is 7.68. The Bertz CT molecular complexity index is 989. The van der Waals surface area contributed by atoms with Gasteiger partial charge < -0.3 is 9.80 Å². The highest BCUT2D eigenvalue weighted by atomic mass is 16.2. The van der Waals surface area contributed by atoms with Gasteiger partial charge >= 0.3 is 0 Å². The standard InChI is InChI=1S/C21H26N6O/c1-25-8-6-18(7-9-25)27(3)21(28)11-17-10-20-15(12-22-17)4-5-19(24-20)16-13-23-26(2)14-16/h4-5,10,12-14,18H,6-9,11H2,1-3H3. The molecule has 0 saturated carbocycles. The first-order valence-corrected chi connectivity index (χ1v) is 9.68. The van der Waals surface area contributed by atoms with E-state index in [2.05, 4.69) is 22.0 Å². The van der Waals surface area contributed by atoms with Crippen LogP contribution in [0.4, 0.5) is 0 Å². The van der Waals surface area contributed by atoms with E-state index in [4.69, 9.17) is 4.98 Å². The summed E-state index contributed by atoms with van der Waals surface area (Å²) in [6, 6.07) is 6.22. The van der Waals surface area contributed by atoms with Crippen LogP contribution < -0.4 is 0 Å². The molecule has 0 spiro atoms. The van der Waals surface area contributed by atoms with Gasteiger partial charge in [-0.25, -0.2) is 4.98 Å². The van der Waals surface area contributed by atoms with Crippen LogP contribution in [0.1, 0.15) is 18.5 Å². The van der Waals surface area contributed by atoms with E-state index in [1.165, 1.54) is 0 Å². The van der Waals surface area contributed by atoms with Gasteiger partial charge in [0.15, 0.2) is 0 Å². The van der Waals surface area contributed by atoms with E-state index in [1.54, 1.807) is 17.1 Å². The maximum atomic E-state index is 12.8. The number of pyridine rings is 2. The zero-order valence-corrected chi connectivity index (χ0v) is 16.7. The SMILES string of the molecule is CN1CCC(N(C)C(=O)Cc2cc3nc(-c4cnn(C)c4)ccc3cn2)CC1. The summed E-state index contributed by atoms with van der Waals surface area (Å²) >= 11 is 0. The van der Waals surface area contributed by atoms with Crippen LogP contribution in [0.15, 0.2) is 36.8 Å². The third-order valence-corrected chi connectivity index (χ3v) is 5.59. The zero-order valence-electron chi connectivity index (χ0n) is 16.7. The molecule has 1 fully saturated rings. The lowest BCUT2D eigenvalue weighted by Gasteiger charge is -2.35. The van der Waals surface area contributed by atoms with Gasteiger partial charge in [0.2, 0.25) is 5.91 Å². The van der Waals surface area contributed by atoms with E-state index in [-0.39, 0.29) is 5.91 Å². The smallest absolute Gasteiger partial charge is 0.228 e. The molecule has 1 saturated heterocycles. The quantitative estimate of drug-likeness (QED) is 0.696. The molecule has 4 heterocycles. The van der Waals surface area contributed by atoms with Crippen LogP contribution in [0.5, 0.6) is 0 Å². The largest absolute Gasteiger partial charge is 0.342 e. The second-order valence-electron chi connectivity index (χ2n) is 7.68. The first-order valence-electron chi connectivity index (χ1n) is 9.68. The van der Waals surface area contributed by atoms with E-state index in [0.717, 1.165) is 53.8 Å². The number of piperidine rings is 1. The number of likely N-dealkylation sites (tertiary alicyclic amines) is 1. The Kier molecular flexibility index (Phi) is 5.09. The number of aryl methyl sites for hydroxylation is 1. The van der Waals surface area contributed by atoms with Gasteiger partial charge in [-0.3, -0.25) is 14.5 Å². The lowest BCUT2D eigenvalue weighted by atomic mass is 10.0. The van der Waals surface area contributed by atoms with Crippen LogP contribution in [-0.4, -0.2) is 68.7 Å². The van der Waals surface area contributed by atoms with Gasteiger partial charge in [0, 0.05) is 43.5 Å². The summed E-state index contributed by atoms with van der Waals surface area (Å²) < 4.78 is 1.76. The highest BCUT2D eigenvalue weighted by Crippen LogP contribution is 2.21. The van der Waals surface area contributed by atoms with Gasteiger partial charge in [0.25, 0.3) is 0 Å². The molecule has 1 amide bonds. The molecule has 1 aliphatic heterocycles. The van der Waals surface area contributed by atoms with Gasteiger partial charge in [-0.1, -0.05) is 0 Å². The molecule has 0 N–H and O–H groups in total. The molecule has 7 nitrogen and oxygen atoms in total. The topological polar surface area (TPSA) is 67.2 Å². The van der Waals surface area contributed by atoms with Gasteiger partial charge in [-0.15, -0.1) is 0 Å². The maximum absolute atomic E-state index is 12.8. The molecule has 0 unspecified atom stereocenters. The molecule has 0 atom stereocenters. The second kappa shape index (κ2) is 7.67. The predicted octanol–water partition coefficient (Wildman–Crippen LogP) is 2.13. The van der Waals surface area contributed by atoms with Crippen LogP contribution in [-0.2, 0) is 18.3 Å². The summed E-state index contributed by atoms with van der Waals surface area (Å²) in [4.78, 5) is 26.2. The number of carbonyl (C=O) groups excluding carboxylic acids is 1. The summed E-state index contributed by atoms with van der Waals surface area (Å²) in [5.74, 6) is 0.116. The van der Waals surface area contributed by atoms with Crippen LogP contribution in [0, 0.1) is 0 Å². The Balaban J connectivity index is 1.51. The maximum Gasteiger partial charge on any atom is 0.228 e. The summed E-state index contributed by atoms with van der Waals surface area (Å²) in [6.45, 7) is 2.08. The zero-order chi connectivity index (χ0) is 19.7. The number of fused-ring (bicyclic) bond motifs is 1. The number of likely N-dealkylation sites (N-methyl/N-ethyl adjacent to an activating group) is 1. The Labute approximate surface area is 165 Å². The number of nitrogens with zero attached hydrogens (tertiary/aromatic N) is 6. The Morgan fingerprint density at radius 2 is 2.00 bits per heavy atom. The number of carbonyl (C=O) groups is 1. The van der Waals surface area contributed by atoms with Gasteiger partial charge in [-0.2, -0.15) is 5.10 Å². The first kappa shape index (κ1) is 18.6.